The zero-order chi connectivity index (χ0) is 9.97. The van der Waals surface area contributed by atoms with E-state index >= 15 is 0 Å². The van der Waals surface area contributed by atoms with E-state index in [1.807, 2.05) is 0 Å². The van der Waals surface area contributed by atoms with Crippen LogP contribution in [0, 0.1) is 5.92 Å². The molecule has 0 atom stereocenters. The van der Waals surface area contributed by atoms with Gasteiger partial charge in [-0.3, -0.25) is 0 Å². The summed E-state index contributed by atoms with van der Waals surface area (Å²) in [5.41, 5.74) is 0. The molecule has 1 aliphatic rings. The summed E-state index contributed by atoms with van der Waals surface area (Å²) in [7, 11) is 0. The van der Waals surface area contributed by atoms with Crippen molar-refractivity contribution in [2.75, 3.05) is 18.0 Å². The van der Waals surface area contributed by atoms with E-state index < -0.39 is 0 Å². The highest BCUT2D eigenvalue weighted by molar-refractivity contribution is 9.10. The lowest BCUT2D eigenvalue weighted by Gasteiger charge is -2.31. The van der Waals surface area contributed by atoms with Gasteiger partial charge in [-0.2, -0.15) is 0 Å². The minimum absolute atomic E-state index is 0.914. The average molecular weight is 275 g/mol. The third kappa shape index (κ3) is 2.28. The molecule has 0 amide bonds. The van der Waals surface area contributed by atoms with Gasteiger partial charge in [-0.05, 0) is 41.6 Å². The summed E-state index contributed by atoms with van der Waals surface area (Å²) in [4.78, 5) is 6.84. The van der Waals surface area contributed by atoms with Crippen LogP contribution < -0.4 is 4.90 Å². The van der Waals surface area contributed by atoms with E-state index in [2.05, 4.69) is 38.1 Å². The predicted molar refractivity (Wildman–Crippen MR) is 65.0 cm³/mol. The molecule has 78 valence electrons. The van der Waals surface area contributed by atoms with Crippen molar-refractivity contribution >= 4 is 32.4 Å². The molecular formula is C10H15BrN2S. The lowest BCUT2D eigenvalue weighted by molar-refractivity contribution is 0.318. The summed E-state index contributed by atoms with van der Waals surface area (Å²) < 4.78 is 0.963. The molecule has 0 spiro atoms. The van der Waals surface area contributed by atoms with Gasteiger partial charge in [0.1, 0.15) is 4.60 Å². The Morgan fingerprint density at radius 2 is 2.43 bits per heavy atom. The van der Waals surface area contributed by atoms with Gasteiger partial charge in [-0.15, -0.1) is 11.3 Å². The Hall–Kier alpha value is -0.0900. The van der Waals surface area contributed by atoms with Crippen molar-refractivity contribution in [2.24, 2.45) is 5.92 Å². The van der Waals surface area contributed by atoms with Crippen LogP contribution in [0.2, 0.25) is 0 Å². The number of hydrogen-bond donors (Lipinski definition) is 0. The zero-order valence-corrected chi connectivity index (χ0v) is 10.8. The van der Waals surface area contributed by atoms with E-state index in [0.717, 1.165) is 22.2 Å². The molecule has 1 saturated carbocycles. The fourth-order valence-electron chi connectivity index (χ4n) is 1.72. The number of aromatic nitrogens is 1. The van der Waals surface area contributed by atoms with Gasteiger partial charge in [0.05, 0.1) is 0 Å². The molecule has 0 N–H and O–H groups in total. The van der Waals surface area contributed by atoms with E-state index in [4.69, 9.17) is 0 Å². The largest absolute Gasteiger partial charge is 0.348 e. The topological polar surface area (TPSA) is 16.1 Å². The van der Waals surface area contributed by atoms with Crippen LogP contribution >= 0.6 is 27.3 Å². The highest BCUT2D eigenvalue weighted by Gasteiger charge is 2.21. The quantitative estimate of drug-likeness (QED) is 0.835. The first-order chi connectivity index (χ1) is 6.79. The first-order valence-corrected chi connectivity index (χ1v) is 6.83. The minimum Gasteiger partial charge on any atom is -0.348 e. The van der Waals surface area contributed by atoms with Crippen molar-refractivity contribution in [3.8, 4) is 0 Å². The van der Waals surface area contributed by atoms with Crippen molar-refractivity contribution in [1.82, 2.24) is 4.98 Å². The average Bonchev–Trinajstić information content (AvgIpc) is 2.50. The number of nitrogens with zero attached hydrogens (tertiary/aromatic N) is 2. The number of halogens is 1. The lowest BCUT2D eigenvalue weighted by Crippen LogP contribution is -2.32. The Morgan fingerprint density at radius 3 is 2.86 bits per heavy atom. The van der Waals surface area contributed by atoms with Crippen molar-refractivity contribution in [1.29, 1.82) is 0 Å². The molecule has 1 fully saturated rings. The van der Waals surface area contributed by atoms with Crippen LogP contribution in [0.15, 0.2) is 9.98 Å². The molecule has 2 rings (SSSR count). The maximum absolute atomic E-state index is 4.45. The molecule has 1 aliphatic carbocycles. The molecule has 4 heteroatoms. The van der Waals surface area contributed by atoms with Gasteiger partial charge < -0.3 is 4.90 Å². The Balaban J connectivity index is 1.97. The van der Waals surface area contributed by atoms with Crippen molar-refractivity contribution in [3.63, 3.8) is 0 Å². The Kier molecular flexibility index (Phi) is 3.44. The molecular weight excluding hydrogens is 260 g/mol. The number of hydrogen-bond acceptors (Lipinski definition) is 3. The number of rotatable bonds is 4. The highest BCUT2D eigenvalue weighted by Crippen LogP contribution is 2.30. The molecule has 1 aromatic rings. The molecule has 0 unspecified atom stereocenters. The second kappa shape index (κ2) is 4.62. The maximum Gasteiger partial charge on any atom is 0.186 e. The molecule has 1 aromatic heterocycles. The predicted octanol–water partition coefficient (Wildman–Crippen LogP) is 3.53. The van der Waals surface area contributed by atoms with Gasteiger partial charge in [-0.25, -0.2) is 4.98 Å². The Labute approximate surface area is 97.5 Å². The van der Waals surface area contributed by atoms with E-state index in [-0.39, 0.29) is 0 Å². The van der Waals surface area contributed by atoms with Gasteiger partial charge in [0.25, 0.3) is 0 Å². The Bertz CT molecular complexity index is 296. The fraction of sp³-hybridized carbons (Fsp3) is 0.700. The SMILES string of the molecule is CCN(CC1CCC1)c1nc(Br)cs1. The van der Waals surface area contributed by atoms with Crippen LogP contribution in [-0.2, 0) is 0 Å². The molecule has 0 saturated heterocycles. The van der Waals surface area contributed by atoms with Crippen LogP contribution in [-0.4, -0.2) is 18.1 Å². The third-order valence-electron chi connectivity index (χ3n) is 2.82. The van der Waals surface area contributed by atoms with Crippen LogP contribution in [0.1, 0.15) is 26.2 Å². The summed E-state index contributed by atoms with van der Waals surface area (Å²) in [6, 6.07) is 0. The van der Waals surface area contributed by atoms with Gasteiger partial charge >= 0.3 is 0 Å². The van der Waals surface area contributed by atoms with E-state index in [1.165, 1.54) is 25.8 Å². The molecule has 0 radical (unpaired) electrons. The molecule has 1 heterocycles. The monoisotopic (exact) mass is 274 g/mol. The molecule has 0 aliphatic heterocycles. The second-order valence-corrected chi connectivity index (χ2v) is 5.44. The van der Waals surface area contributed by atoms with Crippen molar-refractivity contribution < 1.29 is 0 Å². The minimum atomic E-state index is 0.914. The molecule has 2 nitrogen and oxygen atoms in total. The fourth-order valence-corrected chi connectivity index (χ4v) is 3.04. The Morgan fingerprint density at radius 1 is 1.64 bits per heavy atom. The second-order valence-electron chi connectivity index (χ2n) is 3.79. The van der Waals surface area contributed by atoms with E-state index in [9.17, 15) is 0 Å². The maximum atomic E-state index is 4.45. The van der Waals surface area contributed by atoms with Crippen LogP contribution in [0.25, 0.3) is 0 Å². The highest BCUT2D eigenvalue weighted by atomic mass is 79.9. The van der Waals surface area contributed by atoms with Crippen molar-refractivity contribution in [3.05, 3.63) is 9.98 Å². The molecule has 0 aromatic carbocycles. The van der Waals surface area contributed by atoms with Crippen LogP contribution in [0.3, 0.4) is 0 Å². The summed E-state index contributed by atoms with van der Waals surface area (Å²) >= 11 is 5.13. The summed E-state index contributed by atoms with van der Waals surface area (Å²) in [5, 5.41) is 3.21. The normalized spacial score (nSPS) is 16.7. The number of anilines is 1. The van der Waals surface area contributed by atoms with Gasteiger partial charge in [-0.1, -0.05) is 6.42 Å². The van der Waals surface area contributed by atoms with Crippen LogP contribution in [0.5, 0.6) is 0 Å². The van der Waals surface area contributed by atoms with E-state index in [0.29, 0.717) is 0 Å². The first kappa shape index (κ1) is 10.4. The lowest BCUT2D eigenvalue weighted by atomic mass is 9.85. The first-order valence-electron chi connectivity index (χ1n) is 5.15. The van der Waals surface area contributed by atoms with Crippen LogP contribution in [0.4, 0.5) is 5.13 Å². The summed E-state index contributed by atoms with van der Waals surface area (Å²) in [5.74, 6) is 0.914. The molecule has 14 heavy (non-hydrogen) atoms. The van der Waals surface area contributed by atoms with E-state index in [1.54, 1.807) is 11.3 Å². The smallest absolute Gasteiger partial charge is 0.186 e. The van der Waals surface area contributed by atoms with Crippen molar-refractivity contribution in [2.45, 2.75) is 26.2 Å². The van der Waals surface area contributed by atoms with Gasteiger partial charge in [0, 0.05) is 18.5 Å². The van der Waals surface area contributed by atoms with Gasteiger partial charge in [0.2, 0.25) is 0 Å². The molecule has 0 bridgehead atoms. The van der Waals surface area contributed by atoms with Gasteiger partial charge in [0.15, 0.2) is 5.13 Å². The summed E-state index contributed by atoms with van der Waals surface area (Å²) in [6.45, 7) is 4.46. The standard InChI is InChI=1S/C10H15BrN2S/c1-2-13(6-8-4-3-5-8)10-12-9(11)7-14-10/h7-8H,2-6H2,1H3. The summed E-state index contributed by atoms with van der Waals surface area (Å²) in [6.07, 6.45) is 4.23. The zero-order valence-electron chi connectivity index (χ0n) is 8.37. The third-order valence-corrected chi connectivity index (χ3v) is 4.43. The number of thiazole rings is 1.